The second-order valence-electron chi connectivity index (χ2n) is 3.52. The van der Waals surface area contributed by atoms with Crippen molar-refractivity contribution in [3.63, 3.8) is 0 Å². The number of carbonyl (C=O) groups is 2. The highest BCUT2D eigenvalue weighted by Gasteiger charge is 2.12. The van der Waals surface area contributed by atoms with Gasteiger partial charge in [0.05, 0.1) is 25.5 Å². The molecule has 2 amide bonds. The van der Waals surface area contributed by atoms with Crippen LogP contribution in [-0.4, -0.2) is 36.1 Å². The van der Waals surface area contributed by atoms with Crippen LogP contribution >= 0.6 is 0 Å². The first-order chi connectivity index (χ1) is 8.17. The monoisotopic (exact) mass is 240 g/mol. The molecule has 0 aliphatic rings. The van der Waals surface area contributed by atoms with Crippen LogP contribution in [0.15, 0.2) is 22.8 Å². The second kappa shape index (κ2) is 6.70. The van der Waals surface area contributed by atoms with E-state index >= 15 is 0 Å². The Bertz CT molecular complexity index is 358. The zero-order valence-corrected chi connectivity index (χ0v) is 9.60. The minimum atomic E-state index is -0.442. The van der Waals surface area contributed by atoms with E-state index < -0.39 is 5.91 Å². The molecule has 1 heterocycles. The van der Waals surface area contributed by atoms with Crippen molar-refractivity contribution in [2.75, 3.05) is 13.2 Å². The summed E-state index contributed by atoms with van der Waals surface area (Å²) in [6, 6.07) is 2.83. The van der Waals surface area contributed by atoms with Crippen LogP contribution in [0.2, 0.25) is 0 Å². The molecular weight excluding hydrogens is 224 g/mol. The van der Waals surface area contributed by atoms with E-state index in [9.17, 15) is 9.59 Å². The molecule has 0 aromatic carbocycles. The molecule has 0 aliphatic heterocycles. The number of nitrogens with one attached hydrogen (secondary N) is 2. The van der Waals surface area contributed by atoms with Crippen molar-refractivity contribution in [3.05, 3.63) is 24.2 Å². The Balaban J connectivity index is 2.31. The Kier molecular flexibility index (Phi) is 5.22. The average molecular weight is 240 g/mol. The van der Waals surface area contributed by atoms with Gasteiger partial charge in [0.2, 0.25) is 5.91 Å². The summed E-state index contributed by atoms with van der Waals surface area (Å²) in [4.78, 5) is 22.8. The van der Waals surface area contributed by atoms with Gasteiger partial charge in [-0.1, -0.05) is 6.92 Å². The highest BCUT2D eigenvalue weighted by atomic mass is 16.3. The summed E-state index contributed by atoms with van der Waals surface area (Å²) in [6.07, 6.45) is 2.02. The van der Waals surface area contributed by atoms with Gasteiger partial charge in [0.15, 0.2) is 5.76 Å². The maximum atomic E-state index is 11.4. The number of hydrogen-bond donors (Lipinski definition) is 3. The third kappa shape index (κ3) is 4.28. The predicted octanol–water partition coefficient (Wildman–Crippen LogP) is -0.103. The van der Waals surface area contributed by atoms with Gasteiger partial charge in [0, 0.05) is 0 Å². The standard InChI is InChI=1S/C11H16N2O4/c1-2-8(7-14)13-10(15)6-12-11(16)9-4-3-5-17-9/h3-5,8,14H,2,6-7H2,1H3,(H,12,16)(H,13,15)/t8-/m0/s1. The number of rotatable bonds is 6. The van der Waals surface area contributed by atoms with Crippen molar-refractivity contribution in [3.8, 4) is 0 Å². The molecule has 0 bridgehead atoms. The van der Waals surface area contributed by atoms with Crippen molar-refractivity contribution in [2.24, 2.45) is 0 Å². The summed E-state index contributed by atoms with van der Waals surface area (Å²) in [5, 5.41) is 13.9. The van der Waals surface area contributed by atoms with E-state index in [1.165, 1.54) is 12.3 Å². The summed E-state index contributed by atoms with van der Waals surface area (Å²) in [6.45, 7) is 1.59. The smallest absolute Gasteiger partial charge is 0.287 e. The van der Waals surface area contributed by atoms with Crippen LogP contribution in [0.4, 0.5) is 0 Å². The van der Waals surface area contributed by atoms with Gasteiger partial charge in [-0.3, -0.25) is 9.59 Å². The van der Waals surface area contributed by atoms with Gasteiger partial charge in [-0.2, -0.15) is 0 Å². The number of hydrogen-bond acceptors (Lipinski definition) is 4. The summed E-state index contributed by atoms with van der Waals surface area (Å²) in [5.74, 6) is -0.625. The van der Waals surface area contributed by atoms with Crippen molar-refractivity contribution in [1.82, 2.24) is 10.6 Å². The Morgan fingerprint density at radius 1 is 1.53 bits per heavy atom. The molecule has 0 unspecified atom stereocenters. The summed E-state index contributed by atoms with van der Waals surface area (Å²) in [5.41, 5.74) is 0. The van der Waals surface area contributed by atoms with Crippen LogP contribution in [0, 0.1) is 0 Å². The molecule has 1 rings (SSSR count). The maximum Gasteiger partial charge on any atom is 0.287 e. The van der Waals surface area contributed by atoms with Gasteiger partial charge in [0.25, 0.3) is 5.91 Å². The van der Waals surface area contributed by atoms with Crippen molar-refractivity contribution in [2.45, 2.75) is 19.4 Å². The zero-order chi connectivity index (χ0) is 12.7. The van der Waals surface area contributed by atoms with Crippen LogP contribution in [0.3, 0.4) is 0 Å². The molecule has 1 aromatic rings. The lowest BCUT2D eigenvalue weighted by Gasteiger charge is -2.13. The fourth-order valence-corrected chi connectivity index (χ4v) is 1.21. The Morgan fingerprint density at radius 2 is 2.29 bits per heavy atom. The molecule has 0 saturated carbocycles. The normalized spacial score (nSPS) is 11.9. The van der Waals surface area contributed by atoms with Gasteiger partial charge < -0.3 is 20.2 Å². The molecule has 6 heteroatoms. The number of aliphatic hydroxyl groups excluding tert-OH is 1. The van der Waals surface area contributed by atoms with E-state index in [1.54, 1.807) is 6.07 Å². The minimum Gasteiger partial charge on any atom is -0.459 e. The second-order valence-corrected chi connectivity index (χ2v) is 3.52. The van der Waals surface area contributed by atoms with Crippen molar-refractivity contribution in [1.29, 1.82) is 0 Å². The number of aliphatic hydroxyl groups is 1. The van der Waals surface area contributed by atoms with E-state index in [1.807, 2.05) is 6.92 Å². The fourth-order valence-electron chi connectivity index (χ4n) is 1.21. The number of amides is 2. The lowest BCUT2D eigenvalue weighted by Crippen LogP contribution is -2.43. The van der Waals surface area contributed by atoms with Crippen LogP contribution in [0.1, 0.15) is 23.9 Å². The number of carbonyl (C=O) groups excluding carboxylic acids is 2. The number of furan rings is 1. The lowest BCUT2D eigenvalue weighted by atomic mass is 10.2. The van der Waals surface area contributed by atoms with E-state index in [-0.39, 0.29) is 30.9 Å². The average Bonchev–Trinajstić information content (AvgIpc) is 2.86. The predicted molar refractivity (Wildman–Crippen MR) is 60.3 cm³/mol. The Labute approximate surface area is 99.0 Å². The van der Waals surface area contributed by atoms with E-state index in [2.05, 4.69) is 10.6 Å². The molecule has 0 fully saturated rings. The largest absolute Gasteiger partial charge is 0.459 e. The molecule has 1 aromatic heterocycles. The van der Waals surface area contributed by atoms with Gasteiger partial charge in [0.1, 0.15) is 0 Å². The van der Waals surface area contributed by atoms with Gasteiger partial charge in [-0.15, -0.1) is 0 Å². The third-order valence-corrected chi connectivity index (χ3v) is 2.23. The van der Waals surface area contributed by atoms with Crippen LogP contribution in [-0.2, 0) is 4.79 Å². The molecule has 3 N–H and O–H groups in total. The van der Waals surface area contributed by atoms with Crippen LogP contribution in [0.25, 0.3) is 0 Å². The van der Waals surface area contributed by atoms with E-state index in [4.69, 9.17) is 9.52 Å². The van der Waals surface area contributed by atoms with Crippen molar-refractivity contribution < 1.29 is 19.1 Å². The van der Waals surface area contributed by atoms with E-state index in [0.29, 0.717) is 6.42 Å². The van der Waals surface area contributed by atoms with Crippen LogP contribution in [0.5, 0.6) is 0 Å². The molecule has 0 aliphatic carbocycles. The van der Waals surface area contributed by atoms with Crippen LogP contribution < -0.4 is 10.6 Å². The van der Waals surface area contributed by atoms with Gasteiger partial charge in [-0.25, -0.2) is 0 Å². The summed E-state index contributed by atoms with van der Waals surface area (Å²) >= 11 is 0. The zero-order valence-electron chi connectivity index (χ0n) is 9.60. The van der Waals surface area contributed by atoms with Gasteiger partial charge in [-0.05, 0) is 18.6 Å². The van der Waals surface area contributed by atoms with Gasteiger partial charge >= 0.3 is 0 Å². The highest BCUT2D eigenvalue weighted by molar-refractivity contribution is 5.94. The summed E-state index contributed by atoms with van der Waals surface area (Å²) in [7, 11) is 0. The molecule has 0 radical (unpaired) electrons. The Morgan fingerprint density at radius 3 is 2.82 bits per heavy atom. The third-order valence-electron chi connectivity index (χ3n) is 2.23. The molecule has 6 nitrogen and oxygen atoms in total. The highest BCUT2D eigenvalue weighted by Crippen LogP contribution is 1.98. The van der Waals surface area contributed by atoms with E-state index in [0.717, 1.165) is 0 Å². The maximum absolute atomic E-state index is 11.4. The first kappa shape index (κ1) is 13.2. The molecule has 1 atom stereocenters. The molecular formula is C11H16N2O4. The molecule has 0 spiro atoms. The fraction of sp³-hybridized carbons (Fsp3) is 0.455. The minimum absolute atomic E-state index is 0.117. The molecule has 0 saturated heterocycles. The lowest BCUT2D eigenvalue weighted by molar-refractivity contribution is -0.121. The molecule has 94 valence electrons. The quantitative estimate of drug-likeness (QED) is 0.647. The van der Waals surface area contributed by atoms with Crippen molar-refractivity contribution >= 4 is 11.8 Å². The summed E-state index contributed by atoms with van der Waals surface area (Å²) < 4.78 is 4.87. The SMILES string of the molecule is CC[C@@H](CO)NC(=O)CNC(=O)c1ccco1. The molecule has 17 heavy (non-hydrogen) atoms. The Hall–Kier alpha value is -1.82. The topological polar surface area (TPSA) is 91.6 Å². The first-order valence-corrected chi connectivity index (χ1v) is 5.39. The first-order valence-electron chi connectivity index (χ1n) is 5.39.